The quantitative estimate of drug-likeness (QED) is 0.576. The number of benzene rings is 1. The highest BCUT2D eigenvalue weighted by Gasteiger charge is 2.15. The second-order valence-corrected chi connectivity index (χ2v) is 4.66. The van der Waals surface area contributed by atoms with Gasteiger partial charge in [0.1, 0.15) is 0 Å². The second-order valence-electron chi connectivity index (χ2n) is 4.66. The summed E-state index contributed by atoms with van der Waals surface area (Å²) in [6.45, 7) is 0. The average Bonchev–Trinajstić information content (AvgIpc) is 3.08. The third kappa shape index (κ3) is 2.55. The SMILES string of the molecule is N[C@@H](Cc1cnc[nH]1)C(=O)Nc1ccc2[nH]ccc2c1. The van der Waals surface area contributed by atoms with Crippen LogP contribution in [0.3, 0.4) is 0 Å². The molecule has 0 radical (unpaired) electrons. The van der Waals surface area contributed by atoms with Crippen molar-refractivity contribution in [2.24, 2.45) is 5.73 Å². The van der Waals surface area contributed by atoms with Crippen LogP contribution in [-0.4, -0.2) is 26.9 Å². The maximum absolute atomic E-state index is 12.0. The Kier molecular flexibility index (Phi) is 3.22. The molecule has 0 saturated heterocycles. The number of hydrogen-bond acceptors (Lipinski definition) is 3. The van der Waals surface area contributed by atoms with Gasteiger partial charge in [-0.2, -0.15) is 0 Å². The predicted molar refractivity (Wildman–Crippen MR) is 77.2 cm³/mol. The summed E-state index contributed by atoms with van der Waals surface area (Å²) < 4.78 is 0. The number of nitrogens with one attached hydrogen (secondary N) is 3. The van der Waals surface area contributed by atoms with Crippen LogP contribution in [0.1, 0.15) is 5.69 Å². The van der Waals surface area contributed by atoms with Crippen molar-refractivity contribution in [1.29, 1.82) is 0 Å². The normalized spacial score (nSPS) is 12.4. The van der Waals surface area contributed by atoms with Crippen molar-refractivity contribution in [3.63, 3.8) is 0 Å². The Morgan fingerprint density at radius 3 is 3.05 bits per heavy atom. The molecule has 3 aromatic rings. The van der Waals surface area contributed by atoms with E-state index in [0.29, 0.717) is 6.42 Å². The first kappa shape index (κ1) is 12.4. The molecule has 6 nitrogen and oxygen atoms in total. The van der Waals surface area contributed by atoms with Crippen LogP contribution in [0.5, 0.6) is 0 Å². The number of carbonyl (C=O) groups excluding carboxylic acids is 1. The Bertz CT molecular complexity index is 716. The monoisotopic (exact) mass is 269 g/mol. The standard InChI is InChI=1S/C14H15N5O/c15-12(6-11-7-16-8-18-11)14(20)19-10-1-2-13-9(5-10)3-4-17-13/h1-5,7-8,12,17H,6,15H2,(H,16,18)(H,19,20)/t12-/m0/s1. The molecule has 2 aromatic heterocycles. The zero-order chi connectivity index (χ0) is 13.9. The molecular weight excluding hydrogens is 254 g/mol. The van der Waals surface area contributed by atoms with Crippen molar-refractivity contribution in [3.05, 3.63) is 48.7 Å². The molecule has 3 rings (SSSR count). The minimum Gasteiger partial charge on any atom is -0.361 e. The topological polar surface area (TPSA) is 99.6 Å². The smallest absolute Gasteiger partial charge is 0.241 e. The summed E-state index contributed by atoms with van der Waals surface area (Å²) in [5, 5.41) is 3.87. The molecule has 5 N–H and O–H groups in total. The molecule has 0 spiro atoms. The molecule has 0 unspecified atom stereocenters. The van der Waals surface area contributed by atoms with Crippen LogP contribution in [0.15, 0.2) is 43.0 Å². The Morgan fingerprint density at radius 2 is 2.25 bits per heavy atom. The Morgan fingerprint density at radius 1 is 1.35 bits per heavy atom. The van der Waals surface area contributed by atoms with E-state index in [1.807, 2.05) is 30.5 Å². The van der Waals surface area contributed by atoms with E-state index in [0.717, 1.165) is 22.3 Å². The van der Waals surface area contributed by atoms with Crippen LogP contribution in [0.25, 0.3) is 10.9 Å². The lowest BCUT2D eigenvalue weighted by molar-refractivity contribution is -0.117. The molecule has 0 aliphatic heterocycles. The number of carbonyl (C=O) groups is 1. The van der Waals surface area contributed by atoms with Gasteiger partial charge in [-0.15, -0.1) is 0 Å². The summed E-state index contributed by atoms with van der Waals surface area (Å²) >= 11 is 0. The second kappa shape index (κ2) is 5.18. The van der Waals surface area contributed by atoms with Crippen LogP contribution >= 0.6 is 0 Å². The maximum Gasteiger partial charge on any atom is 0.241 e. The zero-order valence-electron chi connectivity index (χ0n) is 10.8. The average molecular weight is 269 g/mol. The highest BCUT2D eigenvalue weighted by atomic mass is 16.2. The number of aromatic amines is 2. The fourth-order valence-corrected chi connectivity index (χ4v) is 2.09. The van der Waals surface area contributed by atoms with Gasteiger partial charge in [-0.1, -0.05) is 0 Å². The predicted octanol–water partition coefficient (Wildman–Crippen LogP) is 1.40. The van der Waals surface area contributed by atoms with Gasteiger partial charge in [0.25, 0.3) is 0 Å². The van der Waals surface area contributed by atoms with E-state index >= 15 is 0 Å². The summed E-state index contributed by atoms with van der Waals surface area (Å²) in [6.07, 6.45) is 5.53. The highest BCUT2D eigenvalue weighted by molar-refractivity contribution is 5.96. The first-order valence-electron chi connectivity index (χ1n) is 6.33. The Labute approximate surface area is 115 Å². The van der Waals surface area contributed by atoms with Crippen molar-refractivity contribution < 1.29 is 4.79 Å². The molecule has 2 heterocycles. The molecule has 102 valence electrons. The molecule has 0 aliphatic rings. The van der Waals surface area contributed by atoms with Crippen molar-refractivity contribution in [3.8, 4) is 0 Å². The van der Waals surface area contributed by atoms with Gasteiger partial charge in [-0.25, -0.2) is 4.98 Å². The number of nitrogens with two attached hydrogens (primary N) is 1. The van der Waals surface area contributed by atoms with Gasteiger partial charge in [-0.3, -0.25) is 4.79 Å². The summed E-state index contributed by atoms with van der Waals surface area (Å²) in [4.78, 5) is 22.0. The van der Waals surface area contributed by atoms with Crippen molar-refractivity contribution >= 4 is 22.5 Å². The van der Waals surface area contributed by atoms with Crippen molar-refractivity contribution in [2.75, 3.05) is 5.32 Å². The van der Waals surface area contributed by atoms with Crippen molar-refractivity contribution in [1.82, 2.24) is 15.0 Å². The van der Waals surface area contributed by atoms with Gasteiger partial charge in [0.05, 0.1) is 12.4 Å². The maximum atomic E-state index is 12.0. The lowest BCUT2D eigenvalue weighted by Gasteiger charge is -2.11. The third-order valence-electron chi connectivity index (χ3n) is 3.15. The minimum absolute atomic E-state index is 0.213. The van der Waals surface area contributed by atoms with E-state index < -0.39 is 6.04 Å². The third-order valence-corrected chi connectivity index (χ3v) is 3.15. The van der Waals surface area contributed by atoms with Crippen LogP contribution in [0, 0.1) is 0 Å². The molecule has 20 heavy (non-hydrogen) atoms. The number of H-pyrrole nitrogens is 2. The molecule has 1 amide bonds. The first-order chi connectivity index (χ1) is 9.72. The number of aromatic nitrogens is 3. The van der Waals surface area contributed by atoms with E-state index in [1.54, 1.807) is 12.5 Å². The molecule has 1 aromatic carbocycles. The van der Waals surface area contributed by atoms with E-state index in [1.165, 1.54) is 0 Å². The molecule has 0 aliphatic carbocycles. The molecule has 0 bridgehead atoms. The van der Waals surface area contributed by atoms with Gasteiger partial charge in [-0.05, 0) is 24.3 Å². The summed E-state index contributed by atoms with van der Waals surface area (Å²) in [7, 11) is 0. The van der Waals surface area contributed by atoms with Gasteiger partial charge in [0.15, 0.2) is 0 Å². The van der Waals surface area contributed by atoms with E-state index in [4.69, 9.17) is 5.73 Å². The summed E-state index contributed by atoms with van der Waals surface area (Å²) in [5.74, 6) is -0.213. The molecule has 0 saturated carbocycles. The van der Waals surface area contributed by atoms with Gasteiger partial charge in [0.2, 0.25) is 5.91 Å². The highest BCUT2D eigenvalue weighted by Crippen LogP contribution is 2.17. The van der Waals surface area contributed by atoms with E-state index in [-0.39, 0.29) is 5.91 Å². The number of fused-ring (bicyclic) bond motifs is 1. The van der Waals surface area contributed by atoms with Gasteiger partial charge < -0.3 is 21.0 Å². The number of hydrogen-bond donors (Lipinski definition) is 4. The van der Waals surface area contributed by atoms with Gasteiger partial charge in [0, 0.05) is 41.1 Å². The summed E-state index contributed by atoms with van der Waals surface area (Å²) in [5.41, 5.74) is 8.49. The largest absolute Gasteiger partial charge is 0.361 e. The van der Waals surface area contributed by atoms with E-state index in [2.05, 4.69) is 20.3 Å². The fourth-order valence-electron chi connectivity index (χ4n) is 2.09. The number of anilines is 1. The van der Waals surface area contributed by atoms with E-state index in [9.17, 15) is 4.79 Å². The van der Waals surface area contributed by atoms with Gasteiger partial charge >= 0.3 is 0 Å². The Hall–Kier alpha value is -2.60. The number of rotatable bonds is 4. The van der Waals surface area contributed by atoms with Crippen LogP contribution in [0.2, 0.25) is 0 Å². The molecular formula is C14H15N5O. The first-order valence-corrected chi connectivity index (χ1v) is 6.33. The zero-order valence-corrected chi connectivity index (χ0v) is 10.8. The number of amides is 1. The minimum atomic E-state index is -0.614. The van der Waals surface area contributed by atoms with Crippen LogP contribution in [0.4, 0.5) is 5.69 Å². The van der Waals surface area contributed by atoms with Crippen LogP contribution < -0.4 is 11.1 Å². The number of imidazole rings is 1. The van der Waals surface area contributed by atoms with Crippen molar-refractivity contribution in [2.45, 2.75) is 12.5 Å². The lowest BCUT2D eigenvalue weighted by Crippen LogP contribution is -2.37. The molecule has 1 atom stereocenters. The molecule has 0 fully saturated rings. The van der Waals surface area contributed by atoms with Crippen LogP contribution in [-0.2, 0) is 11.2 Å². The number of nitrogens with zero attached hydrogens (tertiary/aromatic N) is 1. The molecule has 6 heteroatoms. The fraction of sp³-hybridized carbons (Fsp3) is 0.143. The Balaban J connectivity index is 1.68. The lowest BCUT2D eigenvalue weighted by atomic mass is 10.1. The summed E-state index contributed by atoms with van der Waals surface area (Å²) in [6, 6.07) is 7.02.